The van der Waals surface area contributed by atoms with Gasteiger partial charge in [-0.1, -0.05) is 13.8 Å². The average Bonchev–Trinajstić information content (AvgIpc) is 2.52. The van der Waals surface area contributed by atoms with Crippen molar-refractivity contribution in [1.82, 2.24) is 15.4 Å². The van der Waals surface area contributed by atoms with E-state index in [4.69, 9.17) is 5.26 Å². The maximum absolute atomic E-state index is 8.94. The summed E-state index contributed by atoms with van der Waals surface area (Å²) in [6, 6.07) is 2.22. The van der Waals surface area contributed by atoms with Gasteiger partial charge in [0.15, 0.2) is 0 Å². The Balaban J connectivity index is 3.16. The molecule has 0 aromatic carbocycles. The third kappa shape index (κ3) is 1.69. The second-order valence-corrected chi connectivity index (χ2v) is 3.95. The molecule has 70 valence electrons. The van der Waals surface area contributed by atoms with Crippen molar-refractivity contribution in [2.45, 2.75) is 39.0 Å². The Morgan fingerprint density at radius 3 is 2.46 bits per heavy atom. The van der Waals surface area contributed by atoms with E-state index in [9.17, 15) is 0 Å². The summed E-state index contributed by atoms with van der Waals surface area (Å²) in [6.07, 6.45) is 0. The van der Waals surface area contributed by atoms with Crippen LogP contribution in [0.4, 0.5) is 0 Å². The first kappa shape index (κ1) is 9.72. The van der Waals surface area contributed by atoms with E-state index in [0.717, 1.165) is 11.4 Å². The first-order valence-corrected chi connectivity index (χ1v) is 4.31. The molecule has 0 aliphatic carbocycles. The van der Waals surface area contributed by atoms with Gasteiger partial charge in [0.1, 0.15) is 5.69 Å². The van der Waals surface area contributed by atoms with Gasteiger partial charge in [-0.15, -0.1) is 0 Å². The van der Waals surface area contributed by atoms with Crippen molar-refractivity contribution in [1.29, 1.82) is 5.26 Å². The van der Waals surface area contributed by atoms with Crippen LogP contribution in [-0.2, 0) is 5.41 Å². The van der Waals surface area contributed by atoms with Gasteiger partial charge in [-0.25, -0.2) is 0 Å². The van der Waals surface area contributed by atoms with Crippen LogP contribution in [0.3, 0.4) is 0 Å². The van der Waals surface area contributed by atoms with Crippen molar-refractivity contribution in [3.63, 3.8) is 0 Å². The van der Waals surface area contributed by atoms with E-state index >= 15 is 0 Å². The molecule has 0 bridgehead atoms. The van der Waals surface area contributed by atoms with Crippen LogP contribution in [0.1, 0.15) is 45.0 Å². The number of hydrogen-bond donors (Lipinski definition) is 1. The lowest BCUT2D eigenvalue weighted by atomic mass is 9.87. The number of aromatic amines is 1. The van der Waals surface area contributed by atoms with Crippen LogP contribution in [0.25, 0.3) is 0 Å². The zero-order valence-corrected chi connectivity index (χ0v) is 8.42. The third-order valence-electron chi connectivity index (χ3n) is 1.99. The van der Waals surface area contributed by atoms with Crippen molar-refractivity contribution in [3.8, 4) is 6.07 Å². The minimum absolute atomic E-state index is 0.293. The Morgan fingerprint density at radius 1 is 1.38 bits per heavy atom. The van der Waals surface area contributed by atoms with E-state index in [2.05, 4.69) is 21.5 Å². The zero-order chi connectivity index (χ0) is 10.1. The average molecular weight is 178 g/mol. The molecule has 0 radical (unpaired) electrons. The summed E-state index contributed by atoms with van der Waals surface area (Å²) in [4.78, 5) is 0. The van der Waals surface area contributed by atoms with Gasteiger partial charge in [0.25, 0.3) is 0 Å². The fourth-order valence-electron chi connectivity index (χ4n) is 1.15. The maximum Gasteiger partial charge on any atom is 0.106 e. The Kier molecular flexibility index (Phi) is 2.37. The fraction of sp³-hybridized carbons (Fsp3) is 0.667. The first-order valence-electron chi connectivity index (χ1n) is 4.31. The Labute approximate surface area is 78.0 Å². The molecule has 1 N–H and O–H groups in total. The Hall–Kier alpha value is -1.37. The molecule has 1 aromatic rings. The highest BCUT2D eigenvalue weighted by atomic mass is 15.3. The molecule has 1 aromatic heterocycles. The predicted molar refractivity (Wildman–Crippen MR) is 49.1 cm³/mol. The molecule has 1 rings (SSSR count). The molecule has 0 unspecified atom stereocenters. The van der Waals surface area contributed by atoms with E-state index in [-0.39, 0.29) is 0 Å². The number of nitrogens with zero attached hydrogens (tertiary/aromatic N) is 3. The molecule has 0 saturated carbocycles. The topological polar surface area (TPSA) is 65.4 Å². The molecule has 4 nitrogen and oxygen atoms in total. The number of rotatable bonds is 2. The van der Waals surface area contributed by atoms with E-state index in [1.807, 2.05) is 27.7 Å². The van der Waals surface area contributed by atoms with Crippen LogP contribution < -0.4 is 0 Å². The number of H-pyrrole nitrogens is 1. The number of nitriles is 1. The van der Waals surface area contributed by atoms with Crippen molar-refractivity contribution >= 4 is 0 Å². The molecule has 0 atom stereocenters. The molecule has 0 saturated heterocycles. The molecule has 0 aliphatic rings. The summed E-state index contributed by atoms with van der Waals surface area (Å²) in [5, 5.41) is 19.6. The first-order chi connectivity index (χ1) is 5.99. The summed E-state index contributed by atoms with van der Waals surface area (Å²) in [6.45, 7) is 7.76. The van der Waals surface area contributed by atoms with Gasteiger partial charge >= 0.3 is 0 Å². The molecule has 4 heteroatoms. The molecule has 13 heavy (non-hydrogen) atoms. The Morgan fingerprint density at radius 2 is 2.00 bits per heavy atom. The van der Waals surface area contributed by atoms with E-state index in [0.29, 0.717) is 5.92 Å². The number of aromatic nitrogens is 3. The summed E-state index contributed by atoms with van der Waals surface area (Å²) < 4.78 is 0. The van der Waals surface area contributed by atoms with Crippen molar-refractivity contribution in [3.05, 3.63) is 11.4 Å². The number of hydrogen-bond acceptors (Lipinski definition) is 3. The van der Waals surface area contributed by atoms with Crippen molar-refractivity contribution in [2.75, 3.05) is 0 Å². The molecular formula is C9H14N4. The molecule has 0 fully saturated rings. The van der Waals surface area contributed by atoms with Gasteiger partial charge in [-0.3, -0.25) is 0 Å². The lowest BCUT2D eigenvalue weighted by Crippen LogP contribution is -2.17. The highest BCUT2D eigenvalue weighted by Crippen LogP contribution is 2.26. The lowest BCUT2D eigenvalue weighted by molar-refractivity contribution is 0.638. The minimum atomic E-state index is -0.563. The Bertz CT molecular complexity index is 330. The normalized spacial score (nSPS) is 11.7. The second-order valence-electron chi connectivity index (χ2n) is 3.95. The van der Waals surface area contributed by atoms with E-state index in [1.54, 1.807) is 0 Å². The van der Waals surface area contributed by atoms with Gasteiger partial charge in [0.2, 0.25) is 0 Å². The van der Waals surface area contributed by atoms with Crippen LogP contribution in [0.5, 0.6) is 0 Å². The number of nitrogens with one attached hydrogen (secondary N) is 1. The van der Waals surface area contributed by atoms with Gasteiger partial charge < -0.3 is 0 Å². The molecule has 1 heterocycles. The maximum atomic E-state index is 8.94. The van der Waals surface area contributed by atoms with Crippen LogP contribution in [0.15, 0.2) is 0 Å². The van der Waals surface area contributed by atoms with Gasteiger partial charge in [-0.2, -0.15) is 20.7 Å². The molecule has 0 spiro atoms. The van der Waals surface area contributed by atoms with Crippen LogP contribution in [-0.4, -0.2) is 15.4 Å². The quantitative estimate of drug-likeness (QED) is 0.750. The summed E-state index contributed by atoms with van der Waals surface area (Å²) in [7, 11) is 0. The predicted octanol–water partition coefficient (Wildman–Crippen LogP) is 1.73. The lowest BCUT2D eigenvalue weighted by Gasteiger charge is -2.14. The smallest absolute Gasteiger partial charge is 0.106 e. The summed E-state index contributed by atoms with van der Waals surface area (Å²) in [5.41, 5.74) is 1.07. The van der Waals surface area contributed by atoms with Gasteiger partial charge in [-0.05, 0) is 19.8 Å². The van der Waals surface area contributed by atoms with Crippen molar-refractivity contribution < 1.29 is 0 Å². The van der Waals surface area contributed by atoms with Gasteiger partial charge in [0.05, 0.1) is 17.2 Å². The fourth-order valence-corrected chi connectivity index (χ4v) is 1.15. The third-order valence-corrected chi connectivity index (χ3v) is 1.99. The zero-order valence-electron chi connectivity index (χ0n) is 8.42. The van der Waals surface area contributed by atoms with Crippen LogP contribution >= 0.6 is 0 Å². The largest absolute Gasteiger partial charge is 0.197 e. The van der Waals surface area contributed by atoms with Crippen molar-refractivity contribution in [2.24, 2.45) is 0 Å². The van der Waals surface area contributed by atoms with E-state index < -0.39 is 5.41 Å². The molecule has 0 amide bonds. The SMILES string of the molecule is CC(C)c1n[nH]nc1C(C)(C)C#N. The molecule has 0 aliphatic heterocycles. The van der Waals surface area contributed by atoms with Gasteiger partial charge in [0, 0.05) is 0 Å². The monoisotopic (exact) mass is 178 g/mol. The summed E-state index contributed by atoms with van der Waals surface area (Å²) >= 11 is 0. The standard InChI is InChI=1S/C9H14N4/c1-6(2)7-8(12-13-11-7)9(3,4)5-10/h6H,1-4H3,(H,11,12,13). The van der Waals surface area contributed by atoms with Crippen LogP contribution in [0, 0.1) is 11.3 Å². The highest BCUT2D eigenvalue weighted by Gasteiger charge is 2.28. The van der Waals surface area contributed by atoms with Crippen LogP contribution in [0.2, 0.25) is 0 Å². The minimum Gasteiger partial charge on any atom is -0.197 e. The molecular weight excluding hydrogens is 164 g/mol. The highest BCUT2D eigenvalue weighted by molar-refractivity contribution is 5.27. The second kappa shape index (κ2) is 3.17. The summed E-state index contributed by atoms with van der Waals surface area (Å²) in [5.74, 6) is 0.293. The van der Waals surface area contributed by atoms with E-state index in [1.165, 1.54) is 0 Å².